The highest BCUT2D eigenvalue weighted by Crippen LogP contribution is 2.20. The van der Waals surface area contributed by atoms with Crippen LogP contribution in [0, 0.1) is 0 Å². The summed E-state index contributed by atoms with van der Waals surface area (Å²) in [4.78, 5) is 13.1. The third kappa shape index (κ3) is 3.98. The molecule has 0 spiro atoms. The van der Waals surface area contributed by atoms with Gasteiger partial charge in [-0.25, -0.2) is 0 Å². The fourth-order valence-electron chi connectivity index (χ4n) is 1.98. The van der Waals surface area contributed by atoms with E-state index in [4.69, 9.17) is 0 Å². The Bertz CT molecular complexity index is 593. The number of amides is 1. The predicted octanol–water partition coefficient (Wildman–Crippen LogP) is 4.56. The summed E-state index contributed by atoms with van der Waals surface area (Å²) in [5, 5.41) is 4.26. The number of nitrogens with one attached hydrogen (secondary N) is 1. The van der Waals surface area contributed by atoms with Gasteiger partial charge in [-0.3, -0.25) is 4.79 Å². The Hall–Kier alpha value is -1.52. The van der Waals surface area contributed by atoms with Crippen molar-refractivity contribution in [2.24, 2.45) is 0 Å². The van der Waals surface area contributed by atoms with Crippen LogP contribution < -0.4 is 10.5 Å². The van der Waals surface area contributed by atoms with Gasteiger partial charge in [0.1, 0.15) is 0 Å². The molecule has 0 aliphatic heterocycles. The van der Waals surface area contributed by atoms with Gasteiger partial charge in [-0.2, -0.15) is 0 Å². The first-order valence-electron chi connectivity index (χ1n) is 6.60. The molecule has 0 aromatic heterocycles. The van der Waals surface area contributed by atoms with Gasteiger partial charge < -0.3 is 5.32 Å². The molecule has 1 N–H and O–H groups in total. The average molecular weight is 301 g/mol. The molecule has 4 heteroatoms. The second kappa shape index (κ2) is 6.28. The number of carbonyl (C=O) groups is 1. The third-order valence-electron chi connectivity index (χ3n) is 2.93. The van der Waals surface area contributed by atoms with Crippen molar-refractivity contribution in [3.63, 3.8) is 0 Å². The van der Waals surface area contributed by atoms with Gasteiger partial charge in [0.2, 0.25) is 0 Å². The second-order valence-corrected chi connectivity index (χ2v) is 11.7. The Morgan fingerprint density at radius 3 is 2.20 bits per heavy atom. The van der Waals surface area contributed by atoms with Crippen LogP contribution in [0.1, 0.15) is 0 Å². The number of para-hydroxylation sites is 1. The van der Waals surface area contributed by atoms with E-state index in [-0.39, 0.29) is 5.24 Å². The number of hydrogen-bond acceptors (Lipinski definition) is 2. The molecule has 0 saturated carbocycles. The lowest BCUT2D eigenvalue weighted by Gasteiger charge is -2.20. The lowest BCUT2D eigenvalue weighted by molar-refractivity contribution is 0.270. The van der Waals surface area contributed by atoms with Crippen LogP contribution >= 0.6 is 11.8 Å². The molecule has 0 fully saturated rings. The standard InChI is InChI=1S/C16H19NOSSi/c1-20(2,3)15-12-8-7-11-14(15)17-16(18)19-13-9-5-4-6-10-13/h4-12H,1-3H3,(H,17,18). The highest BCUT2D eigenvalue weighted by molar-refractivity contribution is 8.13. The van der Waals surface area contributed by atoms with Crippen molar-refractivity contribution in [3.05, 3.63) is 54.6 Å². The molecule has 0 saturated heterocycles. The minimum absolute atomic E-state index is 0.0399. The SMILES string of the molecule is C[Si](C)(C)c1ccccc1NC(=O)Sc1ccccc1. The Morgan fingerprint density at radius 1 is 0.950 bits per heavy atom. The third-order valence-corrected chi connectivity index (χ3v) is 5.77. The highest BCUT2D eigenvalue weighted by atomic mass is 32.2. The Morgan fingerprint density at radius 2 is 1.55 bits per heavy atom. The molecule has 2 aromatic rings. The molecule has 2 aromatic carbocycles. The number of anilines is 1. The molecule has 0 aliphatic carbocycles. The summed E-state index contributed by atoms with van der Waals surface area (Å²) in [6.07, 6.45) is 0. The topological polar surface area (TPSA) is 29.1 Å². The van der Waals surface area contributed by atoms with Gasteiger partial charge in [0.05, 0.1) is 8.07 Å². The quantitative estimate of drug-likeness (QED) is 0.665. The first-order valence-corrected chi connectivity index (χ1v) is 10.9. The molecule has 2 rings (SSSR count). The average Bonchev–Trinajstić information content (AvgIpc) is 2.39. The first kappa shape index (κ1) is 14.9. The normalized spacial score (nSPS) is 11.2. The van der Waals surface area contributed by atoms with Crippen LogP contribution in [0.5, 0.6) is 0 Å². The van der Waals surface area contributed by atoms with Crippen LogP contribution in [0.4, 0.5) is 10.5 Å². The van der Waals surface area contributed by atoms with Gasteiger partial charge in [0.25, 0.3) is 5.24 Å². The molecule has 0 heterocycles. The van der Waals surface area contributed by atoms with Gasteiger partial charge in [-0.15, -0.1) is 0 Å². The van der Waals surface area contributed by atoms with E-state index in [1.54, 1.807) is 0 Å². The predicted molar refractivity (Wildman–Crippen MR) is 90.7 cm³/mol. The molecule has 104 valence electrons. The summed E-state index contributed by atoms with van der Waals surface area (Å²) in [5.41, 5.74) is 0.945. The van der Waals surface area contributed by atoms with E-state index in [0.29, 0.717) is 0 Å². The fourth-order valence-corrected chi connectivity index (χ4v) is 4.20. The lowest BCUT2D eigenvalue weighted by Crippen LogP contribution is -2.39. The number of hydrogen-bond donors (Lipinski definition) is 1. The highest BCUT2D eigenvalue weighted by Gasteiger charge is 2.20. The summed E-state index contributed by atoms with van der Waals surface area (Å²) in [5.74, 6) is 0. The van der Waals surface area contributed by atoms with Crippen molar-refractivity contribution in [2.75, 3.05) is 5.32 Å². The molecule has 0 atom stereocenters. The molecular formula is C16H19NOSSi. The van der Waals surface area contributed by atoms with E-state index in [2.05, 4.69) is 31.0 Å². The van der Waals surface area contributed by atoms with Gasteiger partial charge in [0.15, 0.2) is 0 Å². The van der Waals surface area contributed by atoms with Crippen LogP contribution in [0.3, 0.4) is 0 Å². The molecule has 1 amide bonds. The van der Waals surface area contributed by atoms with Gasteiger partial charge in [-0.05, 0) is 35.1 Å². The van der Waals surface area contributed by atoms with Crippen molar-refractivity contribution in [3.8, 4) is 0 Å². The molecular weight excluding hydrogens is 282 g/mol. The maximum absolute atomic E-state index is 12.1. The molecule has 20 heavy (non-hydrogen) atoms. The summed E-state index contributed by atoms with van der Waals surface area (Å²) in [7, 11) is -1.46. The minimum atomic E-state index is -1.46. The molecule has 0 aliphatic rings. The van der Waals surface area contributed by atoms with Crippen molar-refractivity contribution in [1.82, 2.24) is 0 Å². The maximum atomic E-state index is 12.1. The number of rotatable bonds is 3. The molecule has 2 nitrogen and oxygen atoms in total. The Balaban J connectivity index is 2.13. The summed E-state index contributed by atoms with van der Waals surface area (Å²) >= 11 is 1.22. The first-order chi connectivity index (χ1) is 9.47. The van der Waals surface area contributed by atoms with E-state index in [9.17, 15) is 4.79 Å². The Kier molecular flexibility index (Phi) is 4.67. The Labute approximate surface area is 125 Å². The van der Waals surface area contributed by atoms with Crippen molar-refractivity contribution >= 4 is 35.9 Å². The summed E-state index contributed by atoms with van der Waals surface area (Å²) in [6.45, 7) is 6.84. The van der Waals surface area contributed by atoms with E-state index >= 15 is 0 Å². The van der Waals surface area contributed by atoms with Gasteiger partial charge >= 0.3 is 0 Å². The monoisotopic (exact) mass is 301 g/mol. The fraction of sp³-hybridized carbons (Fsp3) is 0.188. The zero-order chi connectivity index (χ0) is 14.6. The van der Waals surface area contributed by atoms with Crippen LogP contribution in [0.15, 0.2) is 59.5 Å². The van der Waals surface area contributed by atoms with Gasteiger partial charge in [-0.1, -0.05) is 56.0 Å². The van der Waals surface area contributed by atoms with Gasteiger partial charge in [0, 0.05) is 10.6 Å². The van der Waals surface area contributed by atoms with Crippen molar-refractivity contribution in [1.29, 1.82) is 0 Å². The van der Waals surface area contributed by atoms with Crippen LogP contribution in [-0.4, -0.2) is 13.3 Å². The smallest absolute Gasteiger partial charge is 0.288 e. The maximum Gasteiger partial charge on any atom is 0.288 e. The number of carbonyl (C=O) groups excluding carboxylic acids is 1. The summed E-state index contributed by atoms with van der Waals surface area (Å²) < 4.78 is 0. The zero-order valence-electron chi connectivity index (χ0n) is 12.0. The molecule has 0 radical (unpaired) electrons. The number of thioether (sulfide) groups is 1. The zero-order valence-corrected chi connectivity index (χ0v) is 13.8. The van der Waals surface area contributed by atoms with Crippen molar-refractivity contribution < 1.29 is 4.79 Å². The molecule has 0 unspecified atom stereocenters. The van der Waals surface area contributed by atoms with E-state index in [0.717, 1.165) is 10.6 Å². The van der Waals surface area contributed by atoms with Crippen LogP contribution in [-0.2, 0) is 0 Å². The van der Waals surface area contributed by atoms with Crippen molar-refractivity contribution in [2.45, 2.75) is 24.5 Å². The van der Waals surface area contributed by atoms with E-state index in [1.165, 1.54) is 16.9 Å². The van der Waals surface area contributed by atoms with Crippen LogP contribution in [0.2, 0.25) is 19.6 Å². The van der Waals surface area contributed by atoms with E-state index < -0.39 is 8.07 Å². The minimum Gasteiger partial charge on any atom is -0.317 e. The van der Waals surface area contributed by atoms with Crippen LogP contribution in [0.25, 0.3) is 0 Å². The molecule has 0 bridgehead atoms. The lowest BCUT2D eigenvalue weighted by atomic mass is 10.3. The number of benzene rings is 2. The largest absolute Gasteiger partial charge is 0.317 e. The van der Waals surface area contributed by atoms with E-state index in [1.807, 2.05) is 48.5 Å². The summed E-state index contributed by atoms with van der Waals surface area (Å²) in [6, 6.07) is 17.8. The second-order valence-electron chi connectivity index (χ2n) is 5.62.